The molecular weight excluding hydrogens is 267 g/mol. The van der Waals surface area contributed by atoms with Gasteiger partial charge in [0.15, 0.2) is 0 Å². The van der Waals surface area contributed by atoms with Crippen molar-refractivity contribution in [2.75, 3.05) is 0 Å². The Morgan fingerprint density at radius 1 is 1.06 bits per heavy atom. The van der Waals surface area contributed by atoms with Crippen LogP contribution in [0.25, 0.3) is 0 Å². The van der Waals surface area contributed by atoms with Gasteiger partial charge in [-0.15, -0.1) is 0 Å². The topological polar surface area (TPSA) is 25.2 Å². The highest BCUT2D eigenvalue weighted by Gasteiger charge is 2.03. The molecule has 0 saturated carbocycles. The normalized spacial score (nSPS) is 11.1. The summed E-state index contributed by atoms with van der Waals surface area (Å²) < 4.78 is 0. The third kappa shape index (κ3) is 2.89. The molecule has 0 amide bonds. The van der Waals surface area contributed by atoms with Gasteiger partial charge in [0.2, 0.25) is 0 Å². The fraction of sp³-hybridized carbons (Fsp3) is 0.143. The van der Waals surface area contributed by atoms with Crippen LogP contribution in [0.15, 0.2) is 35.6 Å². The molecular formula is C14H12Cl2N2. The summed E-state index contributed by atoms with van der Waals surface area (Å²) in [5.41, 5.74) is 4.05. The van der Waals surface area contributed by atoms with E-state index in [0.29, 0.717) is 15.7 Å². The van der Waals surface area contributed by atoms with Crippen LogP contribution in [0.5, 0.6) is 0 Å². The quantitative estimate of drug-likeness (QED) is 0.728. The van der Waals surface area contributed by atoms with E-state index in [4.69, 9.17) is 23.2 Å². The maximum atomic E-state index is 5.99. The first-order valence-electron chi connectivity index (χ1n) is 5.48. The van der Waals surface area contributed by atoms with Crippen molar-refractivity contribution in [1.29, 1.82) is 0 Å². The summed E-state index contributed by atoms with van der Waals surface area (Å²) in [4.78, 5) is 8.20. The van der Waals surface area contributed by atoms with Crippen molar-refractivity contribution in [1.82, 2.24) is 4.98 Å². The van der Waals surface area contributed by atoms with Crippen LogP contribution >= 0.6 is 23.2 Å². The Labute approximate surface area is 116 Å². The zero-order chi connectivity index (χ0) is 13.1. The number of pyridine rings is 1. The monoisotopic (exact) mass is 278 g/mol. The van der Waals surface area contributed by atoms with E-state index in [1.165, 1.54) is 23.5 Å². The molecule has 0 unspecified atom stereocenters. The Bertz CT molecular complexity index is 586. The van der Waals surface area contributed by atoms with Crippen molar-refractivity contribution < 1.29 is 0 Å². The first-order chi connectivity index (χ1) is 8.58. The molecule has 0 aliphatic rings. The number of aliphatic imine (C=N–C) groups is 1. The van der Waals surface area contributed by atoms with Gasteiger partial charge < -0.3 is 0 Å². The van der Waals surface area contributed by atoms with Gasteiger partial charge in [0.25, 0.3) is 0 Å². The molecule has 0 aliphatic carbocycles. The summed E-state index contributed by atoms with van der Waals surface area (Å²) in [5, 5.41) is 0.894. The van der Waals surface area contributed by atoms with E-state index in [0.717, 1.165) is 5.56 Å². The first-order valence-corrected chi connectivity index (χ1v) is 6.24. The van der Waals surface area contributed by atoms with Crippen LogP contribution < -0.4 is 0 Å². The van der Waals surface area contributed by atoms with E-state index in [1.54, 1.807) is 6.21 Å². The van der Waals surface area contributed by atoms with Crippen LogP contribution in [0.4, 0.5) is 5.69 Å². The molecule has 18 heavy (non-hydrogen) atoms. The molecule has 2 aromatic rings. The Balaban J connectivity index is 2.33. The zero-order valence-electron chi connectivity index (χ0n) is 10.1. The Morgan fingerprint density at radius 2 is 1.72 bits per heavy atom. The predicted octanol–water partition coefficient (Wildman–Crippen LogP) is 4.76. The van der Waals surface area contributed by atoms with Crippen molar-refractivity contribution in [3.8, 4) is 0 Å². The molecule has 2 nitrogen and oxygen atoms in total. The third-order valence-corrected chi connectivity index (χ3v) is 3.26. The van der Waals surface area contributed by atoms with Gasteiger partial charge in [-0.05, 0) is 30.5 Å². The molecule has 0 fully saturated rings. The second kappa shape index (κ2) is 5.51. The zero-order valence-corrected chi connectivity index (χ0v) is 11.6. The van der Waals surface area contributed by atoms with Gasteiger partial charge in [-0.3, -0.25) is 9.98 Å². The Hall–Kier alpha value is -1.38. The molecule has 1 heterocycles. The van der Waals surface area contributed by atoms with Gasteiger partial charge in [0, 0.05) is 18.6 Å². The Kier molecular flexibility index (Phi) is 4.00. The maximum absolute atomic E-state index is 5.99. The maximum Gasteiger partial charge on any atom is 0.103 e. The number of aryl methyl sites for hydroxylation is 2. The van der Waals surface area contributed by atoms with Crippen LogP contribution in [0.2, 0.25) is 10.0 Å². The first kappa shape index (κ1) is 13.1. The van der Waals surface area contributed by atoms with Crippen molar-refractivity contribution in [2.24, 2.45) is 4.99 Å². The number of rotatable bonds is 2. The van der Waals surface area contributed by atoms with Crippen molar-refractivity contribution in [3.05, 3.63) is 57.3 Å². The molecule has 0 N–H and O–H groups in total. The molecule has 0 radical (unpaired) electrons. The number of halogens is 2. The van der Waals surface area contributed by atoms with E-state index < -0.39 is 0 Å². The largest absolute Gasteiger partial charge is 0.261 e. The molecule has 4 heteroatoms. The number of aromatic nitrogens is 1. The average molecular weight is 279 g/mol. The molecule has 92 valence electrons. The van der Waals surface area contributed by atoms with Gasteiger partial charge >= 0.3 is 0 Å². The summed E-state index contributed by atoms with van der Waals surface area (Å²) in [7, 11) is 0. The van der Waals surface area contributed by atoms with E-state index in [-0.39, 0.29) is 0 Å². The molecule has 0 bridgehead atoms. The molecule has 1 aromatic carbocycles. The fourth-order valence-corrected chi connectivity index (χ4v) is 1.97. The number of benzene rings is 1. The van der Waals surface area contributed by atoms with Gasteiger partial charge in [-0.25, -0.2) is 0 Å². The summed E-state index contributed by atoms with van der Waals surface area (Å²) in [6.07, 6.45) is 4.81. The second-order valence-corrected chi connectivity index (χ2v) is 4.87. The Morgan fingerprint density at radius 3 is 2.33 bits per heavy atom. The molecule has 0 saturated heterocycles. The van der Waals surface area contributed by atoms with E-state index in [2.05, 4.69) is 36.0 Å². The van der Waals surface area contributed by atoms with Crippen LogP contribution in [-0.2, 0) is 0 Å². The van der Waals surface area contributed by atoms with Crippen molar-refractivity contribution in [3.63, 3.8) is 0 Å². The van der Waals surface area contributed by atoms with Gasteiger partial charge in [0.1, 0.15) is 5.69 Å². The highest BCUT2D eigenvalue weighted by Crippen LogP contribution is 2.31. The lowest BCUT2D eigenvalue weighted by Gasteiger charge is -2.02. The molecule has 0 atom stereocenters. The second-order valence-electron chi connectivity index (χ2n) is 4.05. The highest BCUT2D eigenvalue weighted by molar-refractivity contribution is 6.38. The lowest BCUT2D eigenvalue weighted by atomic mass is 10.1. The molecule has 0 aliphatic heterocycles. The summed E-state index contributed by atoms with van der Waals surface area (Å²) in [6.45, 7) is 4.14. The van der Waals surface area contributed by atoms with Crippen LogP contribution in [-0.4, -0.2) is 11.2 Å². The van der Waals surface area contributed by atoms with E-state index >= 15 is 0 Å². The van der Waals surface area contributed by atoms with Crippen molar-refractivity contribution in [2.45, 2.75) is 13.8 Å². The van der Waals surface area contributed by atoms with Crippen LogP contribution in [0.1, 0.15) is 16.7 Å². The third-order valence-electron chi connectivity index (χ3n) is 2.70. The lowest BCUT2D eigenvalue weighted by molar-refractivity contribution is 1.31. The number of hydrogen-bond acceptors (Lipinski definition) is 2. The van der Waals surface area contributed by atoms with Gasteiger partial charge in [-0.2, -0.15) is 0 Å². The predicted molar refractivity (Wildman–Crippen MR) is 77.4 cm³/mol. The van der Waals surface area contributed by atoms with E-state index in [1.807, 2.05) is 6.07 Å². The fourth-order valence-electron chi connectivity index (χ4n) is 1.51. The van der Waals surface area contributed by atoms with Gasteiger partial charge in [0.05, 0.1) is 10.0 Å². The summed E-state index contributed by atoms with van der Waals surface area (Å²) >= 11 is 12.0. The van der Waals surface area contributed by atoms with Gasteiger partial charge in [-0.1, -0.05) is 41.4 Å². The minimum absolute atomic E-state index is 0.447. The van der Waals surface area contributed by atoms with Crippen LogP contribution in [0.3, 0.4) is 0 Å². The average Bonchev–Trinajstić information content (AvgIpc) is 2.33. The molecule has 1 aromatic heterocycles. The van der Waals surface area contributed by atoms with Crippen LogP contribution in [0, 0.1) is 13.8 Å². The number of hydrogen-bond donors (Lipinski definition) is 0. The highest BCUT2D eigenvalue weighted by atomic mass is 35.5. The standard InChI is InChI=1S/C14H12Cl2N2/c1-9-3-4-11(5-10(9)2)6-18-14-12(15)7-17-8-13(14)16/h3-8H,1-2H3. The minimum Gasteiger partial charge on any atom is -0.261 e. The summed E-state index contributed by atoms with van der Waals surface area (Å²) in [6, 6.07) is 6.14. The van der Waals surface area contributed by atoms with Crippen molar-refractivity contribution >= 4 is 35.1 Å². The number of nitrogens with zero attached hydrogens (tertiary/aromatic N) is 2. The van der Waals surface area contributed by atoms with E-state index in [9.17, 15) is 0 Å². The minimum atomic E-state index is 0.447. The SMILES string of the molecule is Cc1ccc(C=Nc2c(Cl)cncc2Cl)cc1C. The smallest absolute Gasteiger partial charge is 0.103 e. The molecule has 2 rings (SSSR count). The summed E-state index contributed by atoms with van der Waals surface area (Å²) in [5.74, 6) is 0. The molecule has 0 spiro atoms. The lowest BCUT2D eigenvalue weighted by Crippen LogP contribution is -1.86.